The van der Waals surface area contributed by atoms with Crippen LogP contribution in [0.4, 0.5) is 0 Å². The highest BCUT2D eigenvalue weighted by atomic mass is 15.4. The number of fused-ring (bicyclic) bond motifs is 2. The minimum absolute atomic E-state index is 0.336. The topological polar surface area (TPSA) is 38.2 Å². The highest BCUT2D eigenvalue weighted by Gasteiger charge is 2.40. The monoisotopic (exact) mass is 418 g/mol. The Bertz CT molecular complexity index is 908. The molecule has 5 aliphatic rings. The van der Waals surface area contributed by atoms with Gasteiger partial charge in [-0.1, -0.05) is 12.1 Å². The maximum Gasteiger partial charge on any atom is 0.129 e. The van der Waals surface area contributed by atoms with Crippen LogP contribution in [0, 0.1) is 0 Å². The number of aromatic nitrogens is 1. The van der Waals surface area contributed by atoms with Gasteiger partial charge in [0.15, 0.2) is 0 Å². The summed E-state index contributed by atoms with van der Waals surface area (Å²) >= 11 is 0. The van der Waals surface area contributed by atoms with Crippen molar-refractivity contribution in [1.29, 1.82) is 0 Å². The highest BCUT2D eigenvalue weighted by Crippen LogP contribution is 2.40. The van der Waals surface area contributed by atoms with Gasteiger partial charge in [0.25, 0.3) is 0 Å². The lowest BCUT2D eigenvalue weighted by Gasteiger charge is -2.40. The van der Waals surface area contributed by atoms with Crippen molar-refractivity contribution in [2.24, 2.45) is 4.99 Å². The molecule has 0 radical (unpaired) electrons. The van der Waals surface area contributed by atoms with Gasteiger partial charge in [0, 0.05) is 51.5 Å². The first kappa shape index (κ1) is 19.5. The van der Waals surface area contributed by atoms with Crippen LogP contribution in [0.2, 0.25) is 0 Å². The van der Waals surface area contributed by atoms with Crippen LogP contribution in [0.25, 0.3) is 0 Å². The van der Waals surface area contributed by atoms with Crippen LogP contribution in [0.3, 0.4) is 0 Å². The second-order valence-electron chi connectivity index (χ2n) is 9.81. The molecule has 6 nitrogen and oxygen atoms in total. The third-order valence-electron chi connectivity index (χ3n) is 7.58. The molecule has 3 aliphatic heterocycles. The van der Waals surface area contributed by atoms with Crippen molar-refractivity contribution in [3.8, 4) is 0 Å². The summed E-state index contributed by atoms with van der Waals surface area (Å²) in [6.07, 6.45) is 15.0. The third-order valence-corrected chi connectivity index (χ3v) is 7.58. The van der Waals surface area contributed by atoms with Crippen LogP contribution in [-0.2, 0) is 6.42 Å². The number of pyridine rings is 1. The largest absolute Gasteiger partial charge is 0.355 e. The summed E-state index contributed by atoms with van der Waals surface area (Å²) < 4.78 is 0. The van der Waals surface area contributed by atoms with Crippen LogP contribution in [0.15, 0.2) is 47.4 Å². The predicted octanol–water partition coefficient (Wildman–Crippen LogP) is 2.66. The number of allylic oxidation sites excluding steroid dienone is 2. The van der Waals surface area contributed by atoms with E-state index in [2.05, 4.69) is 57.0 Å². The Morgan fingerprint density at radius 3 is 2.84 bits per heavy atom. The van der Waals surface area contributed by atoms with Gasteiger partial charge >= 0.3 is 0 Å². The lowest BCUT2D eigenvalue weighted by Crippen LogP contribution is -2.48. The smallest absolute Gasteiger partial charge is 0.129 e. The molecule has 2 aliphatic carbocycles. The fourth-order valence-electron chi connectivity index (χ4n) is 5.75. The maximum atomic E-state index is 5.19. The molecule has 0 aromatic carbocycles. The molecule has 4 heterocycles. The summed E-state index contributed by atoms with van der Waals surface area (Å²) in [6.45, 7) is 6.52. The Labute approximate surface area is 185 Å². The predicted molar refractivity (Wildman–Crippen MR) is 124 cm³/mol. The molecular formula is C25H34N6. The van der Waals surface area contributed by atoms with E-state index < -0.39 is 0 Å². The summed E-state index contributed by atoms with van der Waals surface area (Å²) in [5.74, 6) is 2.50. The molecule has 1 saturated heterocycles. The lowest BCUT2D eigenvalue weighted by molar-refractivity contribution is 0.144. The van der Waals surface area contributed by atoms with Gasteiger partial charge in [-0.25, -0.2) is 0 Å². The first-order valence-corrected chi connectivity index (χ1v) is 12.1. The summed E-state index contributed by atoms with van der Waals surface area (Å²) in [4.78, 5) is 20.2. The fraction of sp³-hybridized carbons (Fsp3) is 0.600. The van der Waals surface area contributed by atoms with Crippen molar-refractivity contribution in [3.05, 3.63) is 53.6 Å². The van der Waals surface area contributed by atoms with E-state index in [1.165, 1.54) is 49.2 Å². The van der Waals surface area contributed by atoms with Gasteiger partial charge in [-0.2, -0.15) is 0 Å². The Morgan fingerprint density at radius 2 is 2.00 bits per heavy atom. The molecule has 0 N–H and O–H groups in total. The van der Waals surface area contributed by atoms with Gasteiger partial charge in [0.1, 0.15) is 11.7 Å². The molecule has 164 valence electrons. The molecule has 1 aromatic heterocycles. The number of hydrogen-bond acceptors (Lipinski definition) is 6. The van der Waals surface area contributed by atoms with Gasteiger partial charge < -0.3 is 14.7 Å². The van der Waals surface area contributed by atoms with Crippen LogP contribution < -0.4 is 0 Å². The molecule has 2 fully saturated rings. The average Bonchev–Trinajstić information content (AvgIpc) is 3.56. The standard InChI is InChI=1S/C25H34N6/c1-28-13-15-29(16-14-28)24-9-3-8-23-27-20(18-31(23)24)17-30(21-10-11-21)22-7-2-5-19-6-4-12-26-25(19)22/h3-4,6,8-9,12,20-22H,2,5,7,10-11,13-18H2,1H3. The van der Waals surface area contributed by atoms with Crippen molar-refractivity contribution in [2.45, 2.75) is 50.2 Å². The molecule has 0 amide bonds. The minimum atomic E-state index is 0.336. The second-order valence-corrected chi connectivity index (χ2v) is 9.81. The number of aryl methyl sites for hydroxylation is 1. The fourth-order valence-corrected chi connectivity index (χ4v) is 5.75. The lowest BCUT2D eigenvalue weighted by atomic mass is 9.90. The highest BCUT2D eigenvalue weighted by molar-refractivity contribution is 5.96. The van der Waals surface area contributed by atoms with Crippen LogP contribution >= 0.6 is 0 Å². The van der Waals surface area contributed by atoms with E-state index in [1.807, 2.05) is 6.20 Å². The zero-order valence-electron chi connectivity index (χ0n) is 18.7. The van der Waals surface area contributed by atoms with Crippen molar-refractivity contribution in [1.82, 2.24) is 24.6 Å². The van der Waals surface area contributed by atoms with Gasteiger partial charge in [0.05, 0.1) is 17.8 Å². The van der Waals surface area contributed by atoms with Gasteiger partial charge in [-0.05, 0) is 62.9 Å². The summed E-state index contributed by atoms with van der Waals surface area (Å²) in [7, 11) is 2.22. The molecule has 0 spiro atoms. The molecular weight excluding hydrogens is 384 g/mol. The third kappa shape index (κ3) is 3.80. The number of rotatable bonds is 5. The van der Waals surface area contributed by atoms with Gasteiger partial charge in [0.2, 0.25) is 0 Å². The van der Waals surface area contributed by atoms with Crippen LogP contribution in [0.1, 0.15) is 43.0 Å². The van der Waals surface area contributed by atoms with E-state index in [-0.39, 0.29) is 0 Å². The molecule has 2 unspecified atom stereocenters. The van der Waals surface area contributed by atoms with Gasteiger partial charge in [-0.3, -0.25) is 14.9 Å². The van der Waals surface area contributed by atoms with E-state index in [0.29, 0.717) is 12.1 Å². The minimum Gasteiger partial charge on any atom is -0.355 e. The van der Waals surface area contributed by atoms with E-state index in [1.54, 1.807) is 0 Å². The van der Waals surface area contributed by atoms with Crippen molar-refractivity contribution < 1.29 is 0 Å². The zero-order chi connectivity index (χ0) is 20.8. The SMILES string of the molecule is CN1CCN(C2=CC=CC3=NC(CN(C4CC4)C4CCCc5cccnc54)CN23)CC1. The van der Waals surface area contributed by atoms with E-state index in [4.69, 9.17) is 9.98 Å². The number of aliphatic imine (C=N–C) groups is 1. The number of hydrogen-bond donors (Lipinski definition) is 0. The second kappa shape index (κ2) is 8.06. The van der Waals surface area contributed by atoms with Crippen LogP contribution in [0.5, 0.6) is 0 Å². The van der Waals surface area contributed by atoms with E-state index in [9.17, 15) is 0 Å². The van der Waals surface area contributed by atoms with Crippen molar-refractivity contribution in [2.75, 3.05) is 46.3 Å². The Kier molecular flexibility index (Phi) is 5.07. The molecule has 6 heteroatoms. The summed E-state index contributed by atoms with van der Waals surface area (Å²) in [5, 5.41) is 0. The number of amidine groups is 1. The Balaban J connectivity index is 1.19. The number of nitrogens with zero attached hydrogens (tertiary/aromatic N) is 6. The Morgan fingerprint density at radius 1 is 1.13 bits per heavy atom. The van der Waals surface area contributed by atoms with E-state index >= 15 is 0 Å². The molecule has 0 bridgehead atoms. The quantitative estimate of drug-likeness (QED) is 0.735. The summed E-state index contributed by atoms with van der Waals surface area (Å²) in [5.41, 5.74) is 2.80. The van der Waals surface area contributed by atoms with Crippen molar-refractivity contribution in [3.63, 3.8) is 0 Å². The number of likely N-dealkylation sites (N-methyl/N-ethyl adjacent to an activating group) is 1. The maximum absolute atomic E-state index is 5.19. The summed E-state index contributed by atoms with van der Waals surface area (Å²) in [6, 6.07) is 5.91. The first-order chi connectivity index (χ1) is 15.3. The zero-order valence-corrected chi connectivity index (χ0v) is 18.7. The normalized spacial score (nSPS) is 28.5. The number of piperazine rings is 1. The molecule has 1 saturated carbocycles. The molecule has 2 atom stereocenters. The van der Waals surface area contributed by atoms with Gasteiger partial charge in [-0.15, -0.1) is 0 Å². The molecule has 31 heavy (non-hydrogen) atoms. The van der Waals surface area contributed by atoms with Crippen LogP contribution in [-0.4, -0.2) is 88.8 Å². The Hall–Kier alpha value is -2.18. The molecule has 6 rings (SSSR count). The molecule has 1 aromatic rings. The van der Waals surface area contributed by atoms with E-state index in [0.717, 1.165) is 51.1 Å². The average molecular weight is 419 g/mol. The van der Waals surface area contributed by atoms with Crippen molar-refractivity contribution >= 4 is 5.84 Å². The first-order valence-electron chi connectivity index (χ1n) is 12.1.